The Kier molecular flexibility index (Phi) is 12.2. The molecule has 1 fully saturated rings. The molecule has 1 atom stereocenters. The fourth-order valence-electron chi connectivity index (χ4n) is 2.10. The molecule has 1 aliphatic rings. The van der Waals surface area contributed by atoms with Crippen LogP contribution in [-0.4, -0.2) is 46.6 Å². The number of nitrogens with zero attached hydrogens (tertiary/aromatic N) is 4. The van der Waals surface area contributed by atoms with Gasteiger partial charge in [-0.25, -0.2) is 0 Å². The molecule has 0 saturated heterocycles. The summed E-state index contributed by atoms with van der Waals surface area (Å²) < 4.78 is 0. The second kappa shape index (κ2) is 12.6. The van der Waals surface area contributed by atoms with Crippen molar-refractivity contribution in [1.29, 1.82) is 0 Å². The Morgan fingerprint density at radius 3 is 2.22 bits per heavy atom. The van der Waals surface area contributed by atoms with E-state index in [-0.39, 0.29) is 29.6 Å². The summed E-state index contributed by atoms with van der Waals surface area (Å²) in [6.45, 7) is 5.13. The molecule has 0 aliphatic heterocycles. The van der Waals surface area contributed by atoms with Crippen molar-refractivity contribution < 1.29 is 22.2 Å². The molecule has 10 heteroatoms. The minimum absolute atomic E-state index is 0. The smallest absolute Gasteiger partial charge is 0.741 e. The standard InChI is InChI=1S/C13H24N6OS2.Cu/c1-3-14-12(21)18-16-10-6-5-9(7-8-20)11(10)17-19-13(22)15-4-2;/h9,20H,3-8H2,1-2H3,(H2,14,18,21)(H2,15,19,22);/q;+2/p-2/b16-10+,17-11+;. The summed E-state index contributed by atoms with van der Waals surface area (Å²) in [4.78, 5) is 8.10. The average molecular weight is 406 g/mol. The molecule has 133 valence electrons. The third kappa shape index (κ3) is 8.03. The zero-order valence-electron chi connectivity index (χ0n) is 13.2. The molecule has 0 heterocycles. The van der Waals surface area contributed by atoms with Crippen LogP contribution in [0.1, 0.15) is 33.1 Å². The fourth-order valence-corrected chi connectivity index (χ4v) is 2.45. The first-order valence-electron chi connectivity index (χ1n) is 7.32. The summed E-state index contributed by atoms with van der Waals surface area (Å²) in [5, 5.41) is 18.5. The van der Waals surface area contributed by atoms with Gasteiger partial charge in [-0.15, -0.1) is 0 Å². The first kappa shape index (κ1) is 22.2. The zero-order valence-corrected chi connectivity index (χ0v) is 15.7. The van der Waals surface area contributed by atoms with Crippen LogP contribution in [0.15, 0.2) is 20.2 Å². The number of rotatable bonds is 6. The Bertz CT molecular complexity index is 481. The van der Waals surface area contributed by atoms with E-state index in [0.717, 1.165) is 24.3 Å². The van der Waals surface area contributed by atoms with Crippen molar-refractivity contribution in [2.24, 2.45) is 26.1 Å². The molecule has 1 radical (unpaired) electrons. The Labute approximate surface area is 158 Å². The molecule has 0 spiro atoms. The van der Waals surface area contributed by atoms with Crippen LogP contribution in [0.25, 0.3) is 0 Å². The molecular formula is C13H22CuN6OS2. The molecule has 1 rings (SSSR count). The van der Waals surface area contributed by atoms with Crippen molar-refractivity contribution in [3.05, 3.63) is 0 Å². The SMILES string of the molecule is CCN=C([S-])N/N=C1\CCC(CCO)\C1=N/NC([S-])=NCC.[Cu+2]. The zero-order chi connectivity index (χ0) is 16.4. The topological polar surface area (TPSA) is 93.7 Å². The number of aliphatic hydroxyl groups is 1. The second-order valence-electron chi connectivity index (χ2n) is 4.59. The van der Waals surface area contributed by atoms with E-state index < -0.39 is 0 Å². The van der Waals surface area contributed by atoms with Gasteiger partial charge in [-0.1, -0.05) is 0 Å². The number of hydrazone groups is 2. The third-order valence-electron chi connectivity index (χ3n) is 3.05. The molecule has 3 N–H and O–H groups in total. The molecule has 1 saturated carbocycles. The summed E-state index contributed by atoms with van der Waals surface area (Å²) in [6, 6.07) is 0. The van der Waals surface area contributed by atoms with Crippen LogP contribution in [-0.2, 0) is 42.3 Å². The number of hydrogen-bond acceptors (Lipinski definition) is 7. The number of aliphatic hydroxyl groups excluding tert-OH is 1. The van der Waals surface area contributed by atoms with Crippen molar-refractivity contribution >= 4 is 47.0 Å². The van der Waals surface area contributed by atoms with Crippen molar-refractivity contribution in [3.8, 4) is 0 Å². The predicted octanol–water partition coefficient (Wildman–Crippen LogP) is 0.513. The minimum atomic E-state index is 0. The number of amidine groups is 2. The first-order valence-corrected chi connectivity index (χ1v) is 8.14. The van der Waals surface area contributed by atoms with Crippen molar-refractivity contribution in [2.75, 3.05) is 19.7 Å². The predicted molar refractivity (Wildman–Crippen MR) is 96.3 cm³/mol. The Hall–Kier alpha value is -0.801. The van der Waals surface area contributed by atoms with E-state index in [1.807, 2.05) is 13.8 Å². The summed E-state index contributed by atoms with van der Waals surface area (Å²) >= 11 is 10.1. The normalized spacial score (nSPS) is 22.3. The van der Waals surface area contributed by atoms with E-state index >= 15 is 0 Å². The second-order valence-corrected chi connectivity index (χ2v) is 5.36. The van der Waals surface area contributed by atoms with Gasteiger partial charge in [-0.2, -0.15) is 10.2 Å². The van der Waals surface area contributed by atoms with E-state index in [2.05, 4.69) is 31.0 Å². The number of aliphatic imine (C=N–C) groups is 2. The minimum Gasteiger partial charge on any atom is -0.741 e. The largest absolute Gasteiger partial charge is 2.00 e. The van der Waals surface area contributed by atoms with Crippen LogP contribution < -0.4 is 10.9 Å². The van der Waals surface area contributed by atoms with Crippen LogP contribution in [0.5, 0.6) is 0 Å². The molecule has 1 aliphatic carbocycles. The Balaban J connectivity index is 0.00000484. The molecular weight excluding hydrogens is 384 g/mol. The Morgan fingerprint density at radius 1 is 1.13 bits per heavy atom. The summed E-state index contributed by atoms with van der Waals surface area (Å²) in [5.74, 6) is 0.152. The fraction of sp³-hybridized carbons (Fsp3) is 0.692. The third-order valence-corrected chi connectivity index (χ3v) is 3.49. The molecule has 1 unspecified atom stereocenters. The summed E-state index contributed by atoms with van der Waals surface area (Å²) in [6.07, 6.45) is 2.29. The van der Waals surface area contributed by atoms with E-state index in [0.29, 0.717) is 29.8 Å². The van der Waals surface area contributed by atoms with Crippen LogP contribution in [0, 0.1) is 5.92 Å². The monoisotopic (exact) mass is 405 g/mol. The summed E-state index contributed by atoms with van der Waals surface area (Å²) in [7, 11) is 0. The molecule has 23 heavy (non-hydrogen) atoms. The average Bonchev–Trinajstić information content (AvgIpc) is 2.86. The van der Waals surface area contributed by atoms with E-state index in [1.54, 1.807) is 0 Å². The van der Waals surface area contributed by atoms with Gasteiger partial charge in [0, 0.05) is 25.6 Å². The van der Waals surface area contributed by atoms with Crippen LogP contribution in [0.3, 0.4) is 0 Å². The van der Waals surface area contributed by atoms with Gasteiger partial charge in [0.1, 0.15) is 0 Å². The van der Waals surface area contributed by atoms with E-state index in [1.165, 1.54) is 0 Å². The molecule has 7 nitrogen and oxygen atoms in total. The van der Waals surface area contributed by atoms with E-state index in [4.69, 9.17) is 30.4 Å². The Morgan fingerprint density at radius 2 is 1.70 bits per heavy atom. The first-order chi connectivity index (χ1) is 10.6. The van der Waals surface area contributed by atoms with Crippen LogP contribution >= 0.6 is 0 Å². The maximum Gasteiger partial charge on any atom is 2.00 e. The van der Waals surface area contributed by atoms with Gasteiger partial charge in [0.25, 0.3) is 0 Å². The van der Waals surface area contributed by atoms with Crippen LogP contribution in [0.4, 0.5) is 0 Å². The molecule has 0 aromatic heterocycles. The molecule has 0 amide bonds. The van der Waals surface area contributed by atoms with Gasteiger partial charge in [0.15, 0.2) is 0 Å². The van der Waals surface area contributed by atoms with Gasteiger partial charge in [-0.3, -0.25) is 20.8 Å². The molecule has 0 aromatic carbocycles. The van der Waals surface area contributed by atoms with Gasteiger partial charge in [0.05, 0.1) is 11.4 Å². The summed E-state index contributed by atoms with van der Waals surface area (Å²) in [5.41, 5.74) is 7.11. The van der Waals surface area contributed by atoms with Crippen molar-refractivity contribution in [1.82, 2.24) is 10.9 Å². The van der Waals surface area contributed by atoms with Gasteiger partial charge >= 0.3 is 17.1 Å². The number of hydrogen-bond donors (Lipinski definition) is 3. The van der Waals surface area contributed by atoms with Crippen molar-refractivity contribution in [3.63, 3.8) is 0 Å². The van der Waals surface area contributed by atoms with Crippen LogP contribution in [0.2, 0.25) is 0 Å². The molecule has 0 bridgehead atoms. The van der Waals surface area contributed by atoms with Crippen molar-refractivity contribution in [2.45, 2.75) is 33.1 Å². The van der Waals surface area contributed by atoms with Gasteiger partial charge in [0.2, 0.25) is 0 Å². The maximum absolute atomic E-state index is 9.17. The van der Waals surface area contributed by atoms with E-state index in [9.17, 15) is 0 Å². The van der Waals surface area contributed by atoms with Gasteiger partial charge < -0.3 is 30.4 Å². The molecule has 0 aromatic rings. The quantitative estimate of drug-likeness (QED) is 0.197. The van der Waals surface area contributed by atoms with Gasteiger partial charge in [-0.05, 0) is 43.4 Å². The number of nitrogens with one attached hydrogen (secondary N) is 2. The maximum atomic E-state index is 9.17.